The Morgan fingerprint density at radius 1 is 1.38 bits per heavy atom. The lowest BCUT2D eigenvalue weighted by Gasteiger charge is -2.28. The summed E-state index contributed by atoms with van der Waals surface area (Å²) in [6.45, 7) is 6.56. The molecule has 1 amide bonds. The first kappa shape index (κ1) is 19.1. The summed E-state index contributed by atoms with van der Waals surface area (Å²) in [6, 6.07) is 3.82. The molecule has 0 bridgehead atoms. The van der Waals surface area contributed by atoms with E-state index in [1.165, 1.54) is 25.7 Å². The monoisotopic (exact) mass is 361 g/mol. The van der Waals surface area contributed by atoms with Crippen molar-refractivity contribution in [3.05, 3.63) is 24.0 Å². The minimum Gasteiger partial charge on any atom is -0.378 e. The van der Waals surface area contributed by atoms with E-state index in [0.717, 1.165) is 45.0 Å². The van der Waals surface area contributed by atoms with Gasteiger partial charge in [-0.3, -0.25) is 9.78 Å². The molecular weight excluding hydrogens is 330 g/mol. The summed E-state index contributed by atoms with van der Waals surface area (Å²) in [5, 5.41) is 3.02. The first-order chi connectivity index (χ1) is 12.8. The minimum absolute atomic E-state index is 0.109. The third-order valence-corrected chi connectivity index (χ3v) is 5.37. The van der Waals surface area contributed by atoms with Crippen molar-refractivity contribution in [3.63, 3.8) is 0 Å². The van der Waals surface area contributed by atoms with E-state index in [1.54, 1.807) is 6.20 Å². The van der Waals surface area contributed by atoms with Gasteiger partial charge in [0.2, 0.25) is 0 Å². The van der Waals surface area contributed by atoms with Gasteiger partial charge < -0.3 is 19.7 Å². The Bertz CT molecular complexity index is 569. The van der Waals surface area contributed by atoms with Gasteiger partial charge in [0, 0.05) is 38.1 Å². The zero-order valence-electron chi connectivity index (χ0n) is 15.8. The molecule has 0 radical (unpaired) electrons. The van der Waals surface area contributed by atoms with Gasteiger partial charge in [0.15, 0.2) is 0 Å². The maximum atomic E-state index is 12.5. The summed E-state index contributed by atoms with van der Waals surface area (Å²) in [5.41, 5.74) is 1.51. The topological polar surface area (TPSA) is 63.7 Å². The summed E-state index contributed by atoms with van der Waals surface area (Å²) in [6.07, 6.45) is 7.95. The Morgan fingerprint density at radius 3 is 2.88 bits per heavy atom. The molecule has 2 fully saturated rings. The highest BCUT2D eigenvalue weighted by molar-refractivity contribution is 5.93. The summed E-state index contributed by atoms with van der Waals surface area (Å²) in [4.78, 5) is 19.0. The fourth-order valence-corrected chi connectivity index (χ4v) is 3.98. The van der Waals surface area contributed by atoms with Crippen LogP contribution in [0.2, 0.25) is 0 Å². The molecule has 1 aliphatic heterocycles. The van der Waals surface area contributed by atoms with E-state index in [4.69, 9.17) is 9.47 Å². The van der Waals surface area contributed by atoms with E-state index in [2.05, 4.69) is 15.2 Å². The lowest BCUT2D eigenvalue weighted by atomic mass is 9.98. The van der Waals surface area contributed by atoms with Gasteiger partial charge in [-0.15, -0.1) is 0 Å². The van der Waals surface area contributed by atoms with Gasteiger partial charge in [-0.05, 0) is 44.2 Å². The minimum atomic E-state index is -0.109. The molecule has 2 aliphatic rings. The quantitative estimate of drug-likeness (QED) is 0.771. The molecule has 1 atom stereocenters. The summed E-state index contributed by atoms with van der Waals surface area (Å²) >= 11 is 0. The number of ether oxygens (including phenoxy) is 2. The number of carbonyl (C=O) groups excluding carboxylic acids is 1. The van der Waals surface area contributed by atoms with Crippen LogP contribution in [0.1, 0.15) is 49.5 Å². The van der Waals surface area contributed by atoms with E-state index < -0.39 is 0 Å². The molecule has 1 unspecified atom stereocenters. The van der Waals surface area contributed by atoms with Crippen LogP contribution in [-0.2, 0) is 9.47 Å². The van der Waals surface area contributed by atoms with E-state index in [-0.39, 0.29) is 12.0 Å². The first-order valence-corrected chi connectivity index (χ1v) is 9.96. The molecule has 6 nitrogen and oxygen atoms in total. The van der Waals surface area contributed by atoms with Gasteiger partial charge in [-0.25, -0.2) is 0 Å². The van der Waals surface area contributed by atoms with Crippen molar-refractivity contribution in [2.24, 2.45) is 5.92 Å². The van der Waals surface area contributed by atoms with Crippen LogP contribution in [0.3, 0.4) is 0 Å². The van der Waals surface area contributed by atoms with Gasteiger partial charge in [-0.2, -0.15) is 0 Å². The third kappa shape index (κ3) is 5.17. The lowest BCUT2D eigenvalue weighted by Crippen LogP contribution is -2.36. The van der Waals surface area contributed by atoms with Crippen LogP contribution in [0, 0.1) is 5.92 Å². The lowest BCUT2D eigenvalue weighted by molar-refractivity contribution is 0.0163. The van der Waals surface area contributed by atoms with Crippen molar-refractivity contribution in [2.75, 3.05) is 44.4 Å². The fourth-order valence-electron chi connectivity index (χ4n) is 3.98. The van der Waals surface area contributed by atoms with Gasteiger partial charge in [-0.1, -0.05) is 12.8 Å². The Morgan fingerprint density at radius 2 is 2.15 bits per heavy atom. The summed E-state index contributed by atoms with van der Waals surface area (Å²) in [7, 11) is 0. The van der Waals surface area contributed by atoms with Crippen LogP contribution in [0.15, 0.2) is 18.3 Å². The van der Waals surface area contributed by atoms with E-state index in [0.29, 0.717) is 18.2 Å². The van der Waals surface area contributed by atoms with Crippen LogP contribution >= 0.6 is 0 Å². The molecule has 26 heavy (non-hydrogen) atoms. The maximum absolute atomic E-state index is 12.5. The van der Waals surface area contributed by atoms with E-state index in [9.17, 15) is 4.79 Å². The Labute approximate surface area is 156 Å². The number of aromatic nitrogens is 1. The molecule has 144 valence electrons. The van der Waals surface area contributed by atoms with E-state index >= 15 is 0 Å². The molecule has 0 aromatic carbocycles. The highest BCUT2D eigenvalue weighted by Gasteiger charge is 2.25. The average Bonchev–Trinajstić information content (AvgIpc) is 3.23. The predicted molar refractivity (Wildman–Crippen MR) is 102 cm³/mol. The van der Waals surface area contributed by atoms with Gasteiger partial charge in [0.1, 0.15) is 5.69 Å². The number of hydrogen-bond donors (Lipinski definition) is 1. The standard InChI is InChI=1S/C20H31N3O3/c1-2-26-19(16-5-3-4-6-16)8-10-22-20(24)18-15-17(7-9-21-18)23-11-13-25-14-12-23/h7,9,15-16,19H,2-6,8,10-14H2,1H3,(H,22,24). The van der Waals surface area contributed by atoms with Gasteiger partial charge in [0.05, 0.1) is 19.3 Å². The smallest absolute Gasteiger partial charge is 0.269 e. The molecule has 2 heterocycles. The summed E-state index contributed by atoms with van der Waals surface area (Å²) < 4.78 is 11.3. The fraction of sp³-hybridized carbons (Fsp3) is 0.700. The maximum Gasteiger partial charge on any atom is 0.269 e. The van der Waals surface area contributed by atoms with Gasteiger partial charge in [0.25, 0.3) is 5.91 Å². The Kier molecular flexibility index (Phi) is 7.26. The number of anilines is 1. The van der Waals surface area contributed by atoms with E-state index in [1.807, 2.05) is 19.1 Å². The Hall–Kier alpha value is -1.66. The molecule has 1 aromatic rings. The Balaban J connectivity index is 1.51. The highest BCUT2D eigenvalue weighted by Crippen LogP contribution is 2.30. The number of carbonyl (C=O) groups is 1. The molecule has 6 heteroatoms. The molecule has 0 spiro atoms. The largest absolute Gasteiger partial charge is 0.378 e. The van der Waals surface area contributed by atoms with Crippen molar-refractivity contribution >= 4 is 11.6 Å². The number of morpholine rings is 1. The SMILES string of the molecule is CCOC(CCNC(=O)c1cc(N2CCOCC2)ccn1)C1CCCC1. The number of amides is 1. The van der Waals surface area contributed by atoms with Crippen LogP contribution in [0.5, 0.6) is 0 Å². The van der Waals surface area contributed by atoms with Crippen LogP contribution in [0.4, 0.5) is 5.69 Å². The average molecular weight is 361 g/mol. The van der Waals surface area contributed by atoms with Crippen molar-refractivity contribution in [3.8, 4) is 0 Å². The van der Waals surface area contributed by atoms with Crippen molar-refractivity contribution in [1.29, 1.82) is 0 Å². The number of nitrogens with one attached hydrogen (secondary N) is 1. The van der Waals surface area contributed by atoms with Crippen LogP contribution in [-0.4, -0.2) is 56.5 Å². The summed E-state index contributed by atoms with van der Waals surface area (Å²) in [5.74, 6) is 0.538. The predicted octanol–water partition coefficient (Wildman–Crippen LogP) is 2.63. The second-order valence-electron chi connectivity index (χ2n) is 7.08. The van der Waals surface area contributed by atoms with Gasteiger partial charge >= 0.3 is 0 Å². The second-order valence-corrected chi connectivity index (χ2v) is 7.08. The molecule has 3 rings (SSSR count). The molecule has 1 saturated carbocycles. The number of rotatable bonds is 8. The number of hydrogen-bond acceptors (Lipinski definition) is 5. The second kappa shape index (κ2) is 9.88. The third-order valence-electron chi connectivity index (χ3n) is 5.37. The molecule has 1 N–H and O–H groups in total. The highest BCUT2D eigenvalue weighted by atomic mass is 16.5. The van der Waals surface area contributed by atoms with Crippen molar-refractivity contribution in [1.82, 2.24) is 10.3 Å². The zero-order valence-corrected chi connectivity index (χ0v) is 15.8. The van der Waals surface area contributed by atoms with Crippen LogP contribution in [0.25, 0.3) is 0 Å². The normalized spacial score (nSPS) is 19.5. The molecular formula is C20H31N3O3. The first-order valence-electron chi connectivity index (χ1n) is 9.96. The molecule has 1 aromatic heterocycles. The molecule has 1 saturated heterocycles. The van der Waals surface area contributed by atoms with Crippen molar-refractivity contribution < 1.29 is 14.3 Å². The van der Waals surface area contributed by atoms with Crippen LogP contribution < -0.4 is 10.2 Å². The molecule has 1 aliphatic carbocycles. The van der Waals surface area contributed by atoms with Crippen molar-refractivity contribution in [2.45, 2.75) is 45.1 Å². The zero-order chi connectivity index (χ0) is 18.2. The number of pyridine rings is 1. The number of nitrogens with zero attached hydrogens (tertiary/aromatic N) is 2.